The number of allylic oxidation sites excluding steroid dienone is 9. The highest BCUT2D eigenvalue weighted by Gasteiger charge is 2.77. The first kappa shape index (κ1) is 56.1. The Morgan fingerprint density at radius 1 is 0.819 bits per heavy atom. The fourth-order valence-corrected chi connectivity index (χ4v) is 22.9. The second-order valence-corrected chi connectivity index (χ2v) is 30.2. The minimum Gasteiger partial charge on any atom is -0.481 e. The molecule has 5 N–H and O–H groups in total. The molecular formula is C76H98N2O5. The topological polar surface area (TPSA) is 119 Å². The van der Waals surface area contributed by atoms with Gasteiger partial charge >= 0.3 is 5.97 Å². The van der Waals surface area contributed by atoms with Gasteiger partial charge in [0.05, 0.1) is 23.9 Å². The van der Waals surface area contributed by atoms with Crippen molar-refractivity contribution in [2.45, 2.75) is 206 Å². The van der Waals surface area contributed by atoms with Crippen LogP contribution in [-0.2, 0) is 16.0 Å². The molecule has 2 aromatic carbocycles. The van der Waals surface area contributed by atoms with E-state index in [4.69, 9.17) is 6.58 Å². The quantitative estimate of drug-likeness (QED) is 0.183. The standard InChI is InChI=1S/C76H98N2O5/c1-47-24-30-60(70(82)83)69-66(80)45-76(55-20-9-6-10-21-55)65-44-74-43-62-61(41-49-15-13-19-52(40-49)54-27-31-68(78-46-54)77-38-14-23-58(47)51-16-7-5-8-17-51)59-22-12-11-18-53(59)42-64(62)75(63(65)33-36-73(69,76)4)37-34-67(81)72(3,71(74)75)35-32-56(74)39-48(2)50-25-28-57(79)29-26-50/h11-13,15,18-19,22,27,31-32,40,42-43,48,50-51,55,58,60,64,66-67,69,71,77-78,80-81H,1,5-10,14,16-17,20-21,23-26,28-30,33-39,41,44-46H2,2-4H3,(H,82,83)/t48-,58-,60-,64+,66-,67+,69+,71-,72-,73-,74-,75-,76-/m1/s1. The number of rotatable bonds is 6. The lowest BCUT2D eigenvalue weighted by atomic mass is 9.29. The zero-order valence-corrected chi connectivity index (χ0v) is 50.7. The van der Waals surface area contributed by atoms with Crippen molar-refractivity contribution in [1.82, 2.24) is 10.6 Å². The molecule has 0 saturated heterocycles. The molecule has 10 aliphatic carbocycles. The summed E-state index contributed by atoms with van der Waals surface area (Å²) in [5.41, 5.74) is 11.1. The summed E-state index contributed by atoms with van der Waals surface area (Å²) in [6, 6.07) is 18.7. The van der Waals surface area contributed by atoms with Crippen molar-refractivity contribution in [2.75, 3.05) is 13.1 Å². The number of carbonyl (C=O) groups excluding carboxylic acids is 1. The summed E-state index contributed by atoms with van der Waals surface area (Å²) >= 11 is 0. The first-order valence-corrected chi connectivity index (χ1v) is 33.9. The summed E-state index contributed by atoms with van der Waals surface area (Å²) in [6.45, 7) is 14.0. The van der Waals surface area contributed by atoms with E-state index in [0.717, 1.165) is 109 Å². The van der Waals surface area contributed by atoms with Crippen molar-refractivity contribution in [1.29, 1.82) is 0 Å². The molecular weight excluding hydrogens is 1020 g/mol. The molecule has 0 unspecified atom stereocenters. The minimum atomic E-state index is -0.735. The normalized spacial score (nSPS) is 38.9. The highest BCUT2D eigenvalue weighted by atomic mass is 16.4. The third kappa shape index (κ3) is 8.86. The maximum atomic E-state index is 14.5. The molecule has 7 nitrogen and oxygen atoms in total. The first-order chi connectivity index (χ1) is 40.2. The molecule has 6 aliphatic heterocycles. The number of carboxylic acid groups (broad SMARTS) is 1. The molecule has 2 spiro atoms. The van der Waals surface area contributed by atoms with Crippen LogP contribution in [0.4, 0.5) is 0 Å². The smallest absolute Gasteiger partial charge is 0.306 e. The number of hydrogen-bond donors (Lipinski definition) is 5. The van der Waals surface area contributed by atoms with E-state index < -0.39 is 34.9 Å². The molecule has 0 amide bonds. The van der Waals surface area contributed by atoms with Gasteiger partial charge in [-0.25, -0.2) is 0 Å². The number of aliphatic hydroxyl groups is 2. The van der Waals surface area contributed by atoms with Crippen LogP contribution in [0.25, 0.3) is 17.2 Å². The fraction of sp³-hybridized carbons (Fsp3) is 0.632. The molecule has 7 heteroatoms. The Balaban J connectivity index is 0.993. The van der Waals surface area contributed by atoms with Crippen LogP contribution in [0.1, 0.15) is 199 Å². The zero-order valence-electron chi connectivity index (χ0n) is 50.7. The third-order valence-electron chi connectivity index (χ3n) is 26.6. The number of nitrogens with one attached hydrogen (secondary N) is 2. The lowest BCUT2D eigenvalue weighted by Gasteiger charge is -2.74. The predicted molar refractivity (Wildman–Crippen MR) is 333 cm³/mol. The lowest BCUT2D eigenvalue weighted by molar-refractivity contribution is -0.168. The van der Waals surface area contributed by atoms with E-state index in [9.17, 15) is 24.9 Å². The SMILES string of the molecule is C=C1CC[C@@H](C(=O)O)[C@H]2[C@H](O)C[C@@]3(C4CCCCC4)C4=C(CC[C@]23C)[C@]23CC[C@H](O)[C@@]5(C)CC=C(C[C@@H](C)C6CCC(=O)CC6)[C@@](C=C6C(=c7ccccc7=C[C@@H]62)Cc2cccc(c2)C2=CC=C(NCCC[C@H]1C1CCCCC1)NC2)(C4)[C@@H]53. The van der Waals surface area contributed by atoms with Gasteiger partial charge in [-0.3, -0.25) is 9.59 Å². The lowest BCUT2D eigenvalue weighted by Crippen LogP contribution is -2.69. The van der Waals surface area contributed by atoms with Gasteiger partial charge in [-0.05, 0) is 207 Å². The van der Waals surface area contributed by atoms with Crippen molar-refractivity contribution >= 4 is 29.0 Å². The number of fused-ring (bicyclic) bond motifs is 1. The van der Waals surface area contributed by atoms with Gasteiger partial charge in [0.15, 0.2) is 0 Å². The number of carboxylic acids is 1. The number of ketones is 1. The molecule has 6 heterocycles. The first-order valence-electron chi connectivity index (χ1n) is 33.9. The van der Waals surface area contributed by atoms with Crippen LogP contribution in [0, 0.1) is 80.3 Å². The summed E-state index contributed by atoms with van der Waals surface area (Å²) in [6.07, 6.45) is 38.0. The van der Waals surface area contributed by atoms with Gasteiger partial charge < -0.3 is 26.0 Å². The van der Waals surface area contributed by atoms with Gasteiger partial charge in [0.2, 0.25) is 0 Å². The number of dihydropyridines is 1. The molecule has 5 saturated carbocycles. The number of hydrogen-bond acceptors (Lipinski definition) is 6. The maximum Gasteiger partial charge on any atom is 0.306 e. The average molecular weight is 1120 g/mol. The van der Waals surface area contributed by atoms with Crippen LogP contribution >= 0.6 is 0 Å². The van der Waals surface area contributed by atoms with E-state index in [-0.39, 0.29) is 34.0 Å². The molecule has 14 bridgehead atoms. The van der Waals surface area contributed by atoms with Crippen LogP contribution in [0.15, 0.2) is 113 Å². The summed E-state index contributed by atoms with van der Waals surface area (Å²) in [7, 11) is 0. The van der Waals surface area contributed by atoms with Crippen LogP contribution < -0.4 is 21.1 Å². The van der Waals surface area contributed by atoms with E-state index >= 15 is 0 Å². The van der Waals surface area contributed by atoms with Gasteiger partial charge in [0, 0.05) is 59.4 Å². The van der Waals surface area contributed by atoms with Crippen molar-refractivity contribution in [3.8, 4) is 0 Å². The van der Waals surface area contributed by atoms with Gasteiger partial charge in [0.1, 0.15) is 5.78 Å². The molecule has 0 aromatic heterocycles. The Bertz CT molecular complexity index is 3230. The zero-order chi connectivity index (χ0) is 57.0. The summed E-state index contributed by atoms with van der Waals surface area (Å²) in [5, 5.41) is 48.5. The molecule has 18 rings (SSSR count). The van der Waals surface area contributed by atoms with E-state index in [0.29, 0.717) is 67.5 Å². The number of aliphatic carboxylic acids is 1. The van der Waals surface area contributed by atoms with Crippen molar-refractivity contribution in [2.24, 2.45) is 80.3 Å². The second kappa shape index (κ2) is 21.6. The third-order valence-corrected chi connectivity index (χ3v) is 26.6. The second-order valence-electron chi connectivity index (χ2n) is 30.2. The van der Waals surface area contributed by atoms with E-state index in [1.165, 1.54) is 95.2 Å². The molecule has 16 aliphatic rings. The van der Waals surface area contributed by atoms with Gasteiger partial charge in [-0.1, -0.05) is 161 Å². The van der Waals surface area contributed by atoms with Gasteiger partial charge in [-0.15, -0.1) is 0 Å². The monoisotopic (exact) mass is 1120 g/mol. The molecule has 5 fully saturated rings. The molecule has 2 aromatic rings. The largest absolute Gasteiger partial charge is 0.481 e. The van der Waals surface area contributed by atoms with E-state index in [1.54, 1.807) is 16.7 Å². The molecule has 442 valence electrons. The van der Waals surface area contributed by atoms with Crippen molar-refractivity contribution in [3.63, 3.8) is 0 Å². The fourth-order valence-electron chi connectivity index (χ4n) is 22.9. The number of benzene rings is 2. The molecule has 83 heavy (non-hydrogen) atoms. The maximum absolute atomic E-state index is 14.5. The molecule has 0 radical (unpaired) electrons. The average Bonchev–Trinajstić information content (AvgIpc) is 1.59. The van der Waals surface area contributed by atoms with E-state index in [2.05, 4.69) is 110 Å². The Kier molecular flexibility index (Phi) is 14.6. The van der Waals surface area contributed by atoms with Gasteiger partial charge in [0.25, 0.3) is 0 Å². The highest BCUT2D eigenvalue weighted by Crippen LogP contribution is 2.83. The molecule has 13 atom stereocenters. The Labute approximate surface area is 496 Å². The van der Waals surface area contributed by atoms with Crippen molar-refractivity contribution < 1.29 is 24.9 Å². The number of aliphatic hydroxyl groups excluding tert-OH is 2. The number of Topliss-reactive ketones (excluding diaryl/α,β-unsaturated/α-hetero) is 1. The summed E-state index contributed by atoms with van der Waals surface area (Å²) < 4.78 is 0. The van der Waals surface area contributed by atoms with Crippen LogP contribution in [0.2, 0.25) is 0 Å². The summed E-state index contributed by atoms with van der Waals surface area (Å²) in [4.78, 5) is 27.3. The van der Waals surface area contributed by atoms with Crippen LogP contribution in [0.5, 0.6) is 0 Å². The predicted octanol–water partition coefficient (Wildman–Crippen LogP) is 14.2. The van der Waals surface area contributed by atoms with Crippen LogP contribution in [-0.4, -0.2) is 52.4 Å². The Hall–Kier alpha value is -4.72. The summed E-state index contributed by atoms with van der Waals surface area (Å²) in [5.74, 6) is 2.15. The van der Waals surface area contributed by atoms with E-state index in [1.807, 2.05) is 0 Å². The van der Waals surface area contributed by atoms with Crippen LogP contribution in [0.3, 0.4) is 0 Å². The van der Waals surface area contributed by atoms with Gasteiger partial charge in [-0.2, -0.15) is 0 Å². The van der Waals surface area contributed by atoms with Crippen molar-refractivity contribution in [3.05, 3.63) is 135 Å². The highest BCUT2D eigenvalue weighted by molar-refractivity contribution is 5.79. The minimum absolute atomic E-state index is 0.0941. The Morgan fingerprint density at radius 2 is 1.60 bits per heavy atom. The Morgan fingerprint density at radius 3 is 2.37 bits per heavy atom. The number of carbonyl (C=O) groups is 2.